The van der Waals surface area contributed by atoms with E-state index in [1.54, 1.807) is 24.3 Å². The van der Waals surface area contributed by atoms with Gasteiger partial charge in [0, 0.05) is 12.6 Å². The third-order valence-corrected chi connectivity index (χ3v) is 3.66. The molecule has 2 aromatic rings. The number of nitro benzene ring substituents is 1. The smallest absolute Gasteiger partial charge is 0.294 e. The van der Waals surface area contributed by atoms with Gasteiger partial charge in [-0.05, 0) is 24.3 Å². The Kier molecular flexibility index (Phi) is 3.97. The van der Waals surface area contributed by atoms with Crippen molar-refractivity contribution < 1.29 is 19.6 Å². The number of fused-ring (bicyclic) bond motifs is 1. The second kappa shape index (κ2) is 6.09. The van der Waals surface area contributed by atoms with Crippen LogP contribution in [0.2, 0.25) is 0 Å². The number of hydrogen-bond donors (Lipinski definition) is 2. The normalized spacial score (nSPS) is 13.1. The van der Waals surface area contributed by atoms with Crippen LogP contribution in [0.15, 0.2) is 42.5 Å². The van der Waals surface area contributed by atoms with Crippen molar-refractivity contribution in [2.75, 3.05) is 23.4 Å². The van der Waals surface area contributed by atoms with Gasteiger partial charge in [0.2, 0.25) is 0 Å². The highest BCUT2D eigenvalue weighted by Gasteiger charge is 2.37. The molecule has 1 heterocycles. The molecule has 0 unspecified atom stereocenters. The van der Waals surface area contributed by atoms with Gasteiger partial charge < -0.3 is 10.4 Å². The summed E-state index contributed by atoms with van der Waals surface area (Å²) in [6, 6.07) is 10.4. The summed E-state index contributed by atoms with van der Waals surface area (Å²) in [4.78, 5) is 36.4. The molecule has 0 saturated heterocycles. The minimum Gasteiger partial charge on any atom is -0.395 e. The molecule has 0 spiro atoms. The lowest BCUT2D eigenvalue weighted by molar-refractivity contribution is -0.383. The van der Waals surface area contributed by atoms with Gasteiger partial charge in [0.1, 0.15) is 5.69 Å². The first kappa shape index (κ1) is 15.6. The van der Waals surface area contributed by atoms with Crippen molar-refractivity contribution >= 4 is 28.9 Å². The van der Waals surface area contributed by atoms with E-state index in [-0.39, 0.29) is 41.3 Å². The van der Waals surface area contributed by atoms with Gasteiger partial charge in [-0.3, -0.25) is 19.7 Å². The highest BCUT2D eigenvalue weighted by atomic mass is 16.6. The number of amides is 2. The van der Waals surface area contributed by atoms with E-state index in [4.69, 9.17) is 5.11 Å². The van der Waals surface area contributed by atoms with Crippen molar-refractivity contribution in [3.05, 3.63) is 63.7 Å². The molecule has 1 aliphatic heterocycles. The van der Waals surface area contributed by atoms with E-state index in [2.05, 4.69) is 5.32 Å². The first-order valence-electron chi connectivity index (χ1n) is 7.15. The summed E-state index contributed by atoms with van der Waals surface area (Å²) in [6.07, 6.45) is 0. The minimum atomic E-state index is -0.610. The molecule has 122 valence electrons. The van der Waals surface area contributed by atoms with Crippen molar-refractivity contribution in [2.45, 2.75) is 0 Å². The number of carbonyl (C=O) groups excluding carboxylic acids is 2. The van der Waals surface area contributed by atoms with Gasteiger partial charge in [0.15, 0.2) is 0 Å². The Balaban J connectivity index is 2.02. The van der Waals surface area contributed by atoms with E-state index in [0.29, 0.717) is 0 Å². The van der Waals surface area contributed by atoms with Gasteiger partial charge in [0.25, 0.3) is 17.5 Å². The average molecular weight is 327 g/mol. The maximum absolute atomic E-state index is 12.4. The fourth-order valence-electron chi connectivity index (χ4n) is 2.57. The summed E-state index contributed by atoms with van der Waals surface area (Å²) in [7, 11) is 0. The van der Waals surface area contributed by atoms with Crippen molar-refractivity contribution in [2.24, 2.45) is 0 Å². The lowest BCUT2D eigenvalue weighted by atomic mass is 10.1. The van der Waals surface area contributed by atoms with Crippen LogP contribution in [0, 0.1) is 10.1 Å². The molecular weight excluding hydrogens is 314 g/mol. The number of nitro groups is 1. The summed E-state index contributed by atoms with van der Waals surface area (Å²) in [5.74, 6) is -1.03. The molecule has 0 aromatic heterocycles. The van der Waals surface area contributed by atoms with Crippen LogP contribution in [0.3, 0.4) is 0 Å². The number of anilines is 2. The third-order valence-electron chi connectivity index (χ3n) is 3.66. The van der Waals surface area contributed by atoms with Crippen LogP contribution in [0.5, 0.6) is 0 Å². The van der Waals surface area contributed by atoms with Crippen molar-refractivity contribution in [1.82, 2.24) is 0 Å². The SMILES string of the molecule is O=C1c2ccccc2C(=O)N1c1ccc(NCCO)c([N+](=O)[O-])c1. The summed E-state index contributed by atoms with van der Waals surface area (Å²) in [6.45, 7) is -0.0372. The van der Waals surface area contributed by atoms with Crippen molar-refractivity contribution in [3.8, 4) is 0 Å². The molecule has 1 aliphatic rings. The highest BCUT2D eigenvalue weighted by molar-refractivity contribution is 6.34. The Hall–Kier alpha value is -3.26. The lowest BCUT2D eigenvalue weighted by Gasteiger charge is -2.15. The van der Waals surface area contributed by atoms with Gasteiger partial charge in [-0.15, -0.1) is 0 Å². The maximum Gasteiger partial charge on any atom is 0.294 e. The third kappa shape index (κ3) is 2.48. The number of carbonyl (C=O) groups is 2. The number of benzene rings is 2. The quantitative estimate of drug-likeness (QED) is 0.492. The minimum absolute atomic E-state index is 0.127. The number of nitrogens with one attached hydrogen (secondary N) is 1. The van der Waals surface area contributed by atoms with E-state index in [0.717, 1.165) is 4.90 Å². The Morgan fingerprint density at radius 3 is 2.25 bits per heavy atom. The zero-order chi connectivity index (χ0) is 17.3. The van der Waals surface area contributed by atoms with Crippen LogP contribution in [-0.4, -0.2) is 35.0 Å². The van der Waals surface area contributed by atoms with Crippen molar-refractivity contribution in [1.29, 1.82) is 0 Å². The molecule has 8 heteroatoms. The van der Waals surface area contributed by atoms with Crippen LogP contribution in [0.1, 0.15) is 20.7 Å². The summed E-state index contributed by atoms with van der Waals surface area (Å²) >= 11 is 0. The zero-order valence-corrected chi connectivity index (χ0v) is 12.4. The number of aliphatic hydroxyl groups excluding tert-OH is 1. The highest BCUT2D eigenvalue weighted by Crippen LogP contribution is 2.34. The van der Waals surface area contributed by atoms with E-state index in [1.807, 2.05) is 0 Å². The van der Waals surface area contributed by atoms with E-state index < -0.39 is 16.7 Å². The van der Waals surface area contributed by atoms with Gasteiger partial charge in [-0.1, -0.05) is 12.1 Å². The van der Waals surface area contributed by atoms with E-state index in [1.165, 1.54) is 18.2 Å². The van der Waals surface area contributed by atoms with Crippen LogP contribution in [0.4, 0.5) is 17.1 Å². The molecule has 0 atom stereocenters. The van der Waals surface area contributed by atoms with Gasteiger partial charge in [-0.25, -0.2) is 4.90 Å². The van der Waals surface area contributed by atoms with E-state index >= 15 is 0 Å². The Morgan fingerprint density at radius 2 is 1.71 bits per heavy atom. The van der Waals surface area contributed by atoms with Crippen LogP contribution >= 0.6 is 0 Å². The standard InChI is InChI=1S/C16H13N3O5/c20-8-7-17-13-6-5-10(9-14(13)19(23)24)18-15(21)11-3-1-2-4-12(11)16(18)22/h1-6,9,17,20H,7-8H2. The first-order chi connectivity index (χ1) is 11.5. The largest absolute Gasteiger partial charge is 0.395 e. The zero-order valence-electron chi connectivity index (χ0n) is 12.4. The number of rotatable bonds is 5. The molecule has 2 aromatic carbocycles. The van der Waals surface area contributed by atoms with Crippen LogP contribution < -0.4 is 10.2 Å². The Labute approximate surface area is 136 Å². The fourth-order valence-corrected chi connectivity index (χ4v) is 2.57. The molecule has 0 saturated carbocycles. The molecule has 0 aliphatic carbocycles. The number of hydrogen-bond acceptors (Lipinski definition) is 6. The van der Waals surface area contributed by atoms with Crippen LogP contribution in [0.25, 0.3) is 0 Å². The predicted molar refractivity (Wildman–Crippen MR) is 86.3 cm³/mol. The molecule has 2 amide bonds. The van der Waals surface area contributed by atoms with Gasteiger partial charge in [0.05, 0.1) is 28.3 Å². The van der Waals surface area contributed by atoms with Gasteiger partial charge >= 0.3 is 0 Å². The fraction of sp³-hybridized carbons (Fsp3) is 0.125. The summed E-state index contributed by atoms with van der Waals surface area (Å²) in [5.41, 5.74) is 0.592. The lowest BCUT2D eigenvalue weighted by Crippen LogP contribution is -2.29. The summed E-state index contributed by atoms with van der Waals surface area (Å²) in [5, 5.41) is 22.8. The maximum atomic E-state index is 12.4. The molecule has 0 radical (unpaired) electrons. The Morgan fingerprint density at radius 1 is 1.08 bits per heavy atom. The van der Waals surface area contributed by atoms with Gasteiger partial charge in [-0.2, -0.15) is 0 Å². The predicted octanol–water partition coefficient (Wildman–Crippen LogP) is 1.80. The Bertz CT molecular complexity index is 814. The average Bonchev–Trinajstić information content (AvgIpc) is 2.84. The summed E-state index contributed by atoms with van der Waals surface area (Å²) < 4.78 is 0. The molecular formula is C16H13N3O5. The number of imide groups is 1. The molecule has 24 heavy (non-hydrogen) atoms. The first-order valence-corrected chi connectivity index (χ1v) is 7.15. The molecule has 0 bridgehead atoms. The molecule has 8 nitrogen and oxygen atoms in total. The number of aliphatic hydroxyl groups is 1. The molecule has 0 fully saturated rings. The monoisotopic (exact) mass is 327 g/mol. The molecule has 3 rings (SSSR count). The van der Waals surface area contributed by atoms with E-state index in [9.17, 15) is 19.7 Å². The second-order valence-corrected chi connectivity index (χ2v) is 5.10. The topological polar surface area (TPSA) is 113 Å². The second-order valence-electron chi connectivity index (χ2n) is 5.10. The van der Waals surface area contributed by atoms with Crippen molar-refractivity contribution in [3.63, 3.8) is 0 Å². The number of nitrogens with zero attached hydrogens (tertiary/aromatic N) is 2. The molecule has 2 N–H and O–H groups in total. The van der Waals surface area contributed by atoms with Crippen LogP contribution in [-0.2, 0) is 0 Å².